The summed E-state index contributed by atoms with van der Waals surface area (Å²) in [4.78, 5) is 14.5. The second-order valence-electron chi connectivity index (χ2n) is 6.00. The van der Waals surface area contributed by atoms with Crippen LogP contribution in [-0.4, -0.2) is 49.2 Å². The van der Waals surface area contributed by atoms with Crippen molar-refractivity contribution >= 4 is 18.3 Å². The van der Waals surface area contributed by atoms with Gasteiger partial charge in [0, 0.05) is 19.2 Å². The topological polar surface area (TPSA) is 41.6 Å². The number of benzene rings is 1. The lowest BCUT2D eigenvalue weighted by molar-refractivity contribution is -0.132. The summed E-state index contributed by atoms with van der Waals surface area (Å²) in [5.41, 5.74) is 1.28. The van der Waals surface area contributed by atoms with E-state index in [1.54, 1.807) is 0 Å². The molecule has 1 saturated heterocycles. The van der Waals surface area contributed by atoms with Gasteiger partial charge < -0.3 is 15.0 Å². The molecular weight excluding hydrogens is 300 g/mol. The van der Waals surface area contributed by atoms with Crippen LogP contribution < -0.4 is 5.32 Å². The van der Waals surface area contributed by atoms with Crippen LogP contribution in [0.15, 0.2) is 30.3 Å². The second kappa shape index (κ2) is 8.51. The summed E-state index contributed by atoms with van der Waals surface area (Å²) in [6.45, 7) is 2.71. The van der Waals surface area contributed by atoms with Crippen LogP contribution in [0.4, 0.5) is 0 Å². The molecule has 5 heteroatoms. The van der Waals surface area contributed by atoms with Gasteiger partial charge in [-0.25, -0.2) is 0 Å². The first-order valence-corrected chi connectivity index (χ1v) is 7.97. The lowest BCUT2D eigenvalue weighted by Gasteiger charge is -2.28. The Hall–Kier alpha value is -1.10. The molecule has 0 aromatic heterocycles. The Labute approximate surface area is 138 Å². The molecule has 1 aliphatic carbocycles. The van der Waals surface area contributed by atoms with Crippen molar-refractivity contribution in [1.82, 2.24) is 10.2 Å². The van der Waals surface area contributed by atoms with Crippen LogP contribution in [0.5, 0.6) is 0 Å². The van der Waals surface area contributed by atoms with Crippen LogP contribution in [-0.2, 0) is 16.0 Å². The van der Waals surface area contributed by atoms with Crippen LogP contribution in [0, 0.1) is 0 Å². The molecule has 3 rings (SSSR count). The Morgan fingerprint density at radius 2 is 2.00 bits per heavy atom. The zero-order valence-corrected chi connectivity index (χ0v) is 13.7. The fourth-order valence-corrected chi connectivity index (χ4v) is 2.79. The van der Waals surface area contributed by atoms with Gasteiger partial charge in [0.25, 0.3) is 0 Å². The van der Waals surface area contributed by atoms with Crippen molar-refractivity contribution in [2.75, 3.05) is 26.3 Å². The number of carbonyl (C=O) groups is 1. The van der Waals surface area contributed by atoms with Gasteiger partial charge in [0.15, 0.2) is 0 Å². The van der Waals surface area contributed by atoms with Crippen molar-refractivity contribution in [3.63, 3.8) is 0 Å². The van der Waals surface area contributed by atoms with E-state index < -0.39 is 0 Å². The molecule has 122 valence electrons. The number of hydrogen-bond acceptors (Lipinski definition) is 3. The standard InChI is InChI=1S/C17H24N2O2.ClH/c20-17(12-18-15-6-7-15)19(16-9-11-21-13-16)10-8-14-4-2-1-3-5-14;/h1-5,15-16,18H,6-13H2;1H. The van der Waals surface area contributed by atoms with Gasteiger partial charge in [-0.2, -0.15) is 0 Å². The first-order valence-electron chi connectivity index (χ1n) is 7.97. The highest BCUT2D eigenvalue weighted by molar-refractivity contribution is 5.85. The van der Waals surface area contributed by atoms with Crippen molar-refractivity contribution < 1.29 is 9.53 Å². The third kappa shape index (κ3) is 4.97. The number of carbonyl (C=O) groups excluding carboxylic acids is 1. The second-order valence-corrected chi connectivity index (χ2v) is 6.00. The molecule has 0 spiro atoms. The van der Waals surface area contributed by atoms with E-state index in [1.165, 1.54) is 18.4 Å². The largest absolute Gasteiger partial charge is 0.379 e. The summed E-state index contributed by atoms with van der Waals surface area (Å²) < 4.78 is 5.46. The van der Waals surface area contributed by atoms with E-state index in [9.17, 15) is 4.79 Å². The number of ether oxygens (including phenoxy) is 1. The van der Waals surface area contributed by atoms with Gasteiger partial charge in [-0.15, -0.1) is 12.4 Å². The third-order valence-electron chi connectivity index (χ3n) is 4.27. The average molecular weight is 325 g/mol. The molecule has 2 aliphatic rings. The first-order chi connectivity index (χ1) is 10.3. The Morgan fingerprint density at radius 3 is 2.64 bits per heavy atom. The highest BCUT2D eigenvalue weighted by Crippen LogP contribution is 2.19. The molecule has 1 unspecified atom stereocenters. The molecule has 22 heavy (non-hydrogen) atoms. The van der Waals surface area contributed by atoms with Crippen LogP contribution in [0.25, 0.3) is 0 Å². The Bertz CT molecular complexity index is 459. The van der Waals surface area contributed by atoms with Crippen LogP contribution >= 0.6 is 12.4 Å². The van der Waals surface area contributed by atoms with E-state index in [-0.39, 0.29) is 24.4 Å². The smallest absolute Gasteiger partial charge is 0.236 e. The Morgan fingerprint density at radius 1 is 1.23 bits per heavy atom. The first kappa shape index (κ1) is 17.3. The van der Waals surface area contributed by atoms with E-state index in [4.69, 9.17) is 4.74 Å². The van der Waals surface area contributed by atoms with Crippen LogP contribution in [0.1, 0.15) is 24.8 Å². The highest BCUT2D eigenvalue weighted by Gasteiger charge is 2.28. The Balaban J connectivity index is 0.00000176. The van der Waals surface area contributed by atoms with Gasteiger partial charge in [-0.1, -0.05) is 30.3 Å². The molecule has 4 nitrogen and oxygen atoms in total. The van der Waals surface area contributed by atoms with Gasteiger partial charge >= 0.3 is 0 Å². The summed E-state index contributed by atoms with van der Waals surface area (Å²) in [6, 6.07) is 11.2. The highest BCUT2D eigenvalue weighted by atomic mass is 35.5. The predicted octanol–water partition coefficient (Wildman–Crippen LogP) is 2.02. The number of rotatable bonds is 7. The molecule has 1 saturated carbocycles. The predicted molar refractivity (Wildman–Crippen MR) is 89.4 cm³/mol. The minimum atomic E-state index is 0. The molecule has 1 amide bonds. The maximum Gasteiger partial charge on any atom is 0.236 e. The fraction of sp³-hybridized carbons (Fsp3) is 0.588. The maximum atomic E-state index is 12.5. The van der Waals surface area contributed by atoms with E-state index in [0.717, 1.165) is 26.0 Å². The summed E-state index contributed by atoms with van der Waals surface area (Å²) in [5, 5.41) is 3.33. The number of amides is 1. The number of hydrogen-bond donors (Lipinski definition) is 1. The van der Waals surface area contributed by atoms with Gasteiger partial charge in [-0.05, 0) is 31.2 Å². The van der Waals surface area contributed by atoms with Crippen molar-refractivity contribution in [2.24, 2.45) is 0 Å². The molecule has 0 radical (unpaired) electrons. The van der Waals surface area contributed by atoms with Crippen molar-refractivity contribution in [1.29, 1.82) is 0 Å². The van der Waals surface area contributed by atoms with Crippen molar-refractivity contribution in [3.05, 3.63) is 35.9 Å². The lowest BCUT2D eigenvalue weighted by atomic mass is 10.1. The summed E-state index contributed by atoms with van der Waals surface area (Å²) in [5.74, 6) is 0.216. The third-order valence-corrected chi connectivity index (χ3v) is 4.27. The Kier molecular flexibility index (Phi) is 6.68. The SMILES string of the molecule is Cl.O=C(CNC1CC1)N(CCc1ccccc1)C1CCOC1. The van der Waals surface area contributed by atoms with E-state index >= 15 is 0 Å². The monoisotopic (exact) mass is 324 g/mol. The number of nitrogens with one attached hydrogen (secondary N) is 1. The molecular formula is C17H25ClN2O2. The normalized spacial score (nSPS) is 20.5. The molecule has 1 N–H and O–H groups in total. The molecule has 1 aromatic rings. The minimum Gasteiger partial charge on any atom is -0.379 e. The molecule has 0 bridgehead atoms. The van der Waals surface area contributed by atoms with E-state index in [1.807, 2.05) is 11.0 Å². The van der Waals surface area contributed by atoms with E-state index in [0.29, 0.717) is 19.2 Å². The van der Waals surface area contributed by atoms with Crippen LogP contribution in [0.3, 0.4) is 0 Å². The molecule has 1 aliphatic heterocycles. The summed E-state index contributed by atoms with van der Waals surface area (Å²) in [7, 11) is 0. The number of nitrogens with zero attached hydrogens (tertiary/aromatic N) is 1. The maximum absolute atomic E-state index is 12.5. The lowest BCUT2D eigenvalue weighted by Crippen LogP contribution is -2.46. The fourth-order valence-electron chi connectivity index (χ4n) is 2.79. The van der Waals surface area contributed by atoms with E-state index in [2.05, 4.69) is 29.6 Å². The van der Waals surface area contributed by atoms with Crippen molar-refractivity contribution in [2.45, 2.75) is 37.8 Å². The van der Waals surface area contributed by atoms with Gasteiger partial charge in [-0.3, -0.25) is 4.79 Å². The zero-order chi connectivity index (χ0) is 14.5. The summed E-state index contributed by atoms with van der Waals surface area (Å²) in [6.07, 6.45) is 4.30. The molecule has 1 atom stereocenters. The average Bonchev–Trinajstić information content (AvgIpc) is 3.20. The quantitative estimate of drug-likeness (QED) is 0.834. The van der Waals surface area contributed by atoms with Crippen molar-refractivity contribution in [3.8, 4) is 0 Å². The zero-order valence-electron chi connectivity index (χ0n) is 12.9. The molecule has 1 heterocycles. The molecule has 2 fully saturated rings. The summed E-state index contributed by atoms with van der Waals surface area (Å²) >= 11 is 0. The van der Waals surface area contributed by atoms with Gasteiger partial charge in [0.05, 0.1) is 19.2 Å². The van der Waals surface area contributed by atoms with Gasteiger partial charge in [0.2, 0.25) is 5.91 Å². The molecule has 1 aromatic carbocycles. The minimum absolute atomic E-state index is 0. The van der Waals surface area contributed by atoms with Crippen LogP contribution in [0.2, 0.25) is 0 Å². The number of halogens is 1. The van der Waals surface area contributed by atoms with Gasteiger partial charge in [0.1, 0.15) is 0 Å².